The van der Waals surface area contributed by atoms with Crippen molar-refractivity contribution < 1.29 is 71.2 Å². The number of alkyl halides is 1. The van der Waals surface area contributed by atoms with Crippen LogP contribution in [0.4, 0.5) is 0 Å². The molecule has 1 heterocycles. The van der Waals surface area contributed by atoms with E-state index in [1.807, 2.05) is 0 Å². The molecule has 0 aromatic heterocycles. The van der Waals surface area contributed by atoms with Gasteiger partial charge in [0.1, 0.15) is 0 Å². The normalized spacial score (nSPS) is 33.9. The Labute approximate surface area is 129 Å². The molecule has 72 valence electrons. The van der Waals surface area contributed by atoms with Crippen molar-refractivity contribution in [3.63, 3.8) is 0 Å². The summed E-state index contributed by atoms with van der Waals surface area (Å²) in [5, 5.41) is 0. The summed E-state index contributed by atoms with van der Waals surface area (Å²) in [7, 11) is 0. The monoisotopic (exact) mass is 242 g/mol. The molecule has 14 heavy (non-hydrogen) atoms. The van der Waals surface area contributed by atoms with Crippen LogP contribution in [0.1, 0.15) is 12.8 Å². The third-order valence-electron chi connectivity index (χ3n) is 2.21. The average molecular weight is 243 g/mol. The van der Waals surface area contributed by atoms with E-state index in [0.717, 1.165) is 0 Å². The fraction of sp³-hybridized carbons (Fsp3) is 0.500. The molecule has 0 spiro atoms. The zero-order chi connectivity index (χ0) is 8.77. The zero-order valence-electron chi connectivity index (χ0n) is 7.70. The van der Waals surface area contributed by atoms with E-state index in [2.05, 4.69) is 4.74 Å². The molecule has 0 aromatic carbocycles. The van der Waals surface area contributed by atoms with Gasteiger partial charge in [0.25, 0.3) is 0 Å². The number of ether oxygens (including phenoxy) is 1. The number of halogens is 1. The minimum atomic E-state index is -1.07. The fourth-order valence-corrected chi connectivity index (χ4v) is 1.83. The van der Waals surface area contributed by atoms with E-state index < -0.39 is 16.8 Å². The van der Waals surface area contributed by atoms with Gasteiger partial charge < -0.3 is 10.2 Å². The second-order valence-electron chi connectivity index (χ2n) is 3.11. The topological polar surface area (TPSA) is 73.4 Å². The van der Waals surface area contributed by atoms with Gasteiger partial charge in [-0.15, -0.1) is 11.6 Å². The van der Waals surface area contributed by atoms with Gasteiger partial charge in [-0.1, -0.05) is 12.2 Å². The Balaban J connectivity index is 0.000000845. The summed E-state index contributed by atoms with van der Waals surface area (Å²) in [4.78, 5) is 21.1. The number of cyclic esters (lactones) is 2. The molecular weight excluding hydrogens is 235 g/mol. The van der Waals surface area contributed by atoms with Crippen LogP contribution in [0.3, 0.4) is 0 Å². The number of carbonyl (C=O) groups is 2. The standard InChI is InChI=1S/C8H7ClO3.K.H2O/c9-8-3-1-2-5(4-8)6(10)12-7(8)11;;/h1,3,5H,2,4H2;;1H2/q;+1;/p-1. The maximum absolute atomic E-state index is 11.1. The van der Waals surface area contributed by atoms with Crippen LogP contribution in [0.5, 0.6) is 0 Å². The van der Waals surface area contributed by atoms with Crippen LogP contribution >= 0.6 is 11.6 Å². The second-order valence-corrected chi connectivity index (χ2v) is 3.78. The second kappa shape index (κ2) is 5.20. The smallest absolute Gasteiger partial charge is 0.870 e. The maximum atomic E-state index is 11.1. The van der Waals surface area contributed by atoms with Gasteiger partial charge in [0.05, 0.1) is 5.92 Å². The number of hydrogen-bond donors (Lipinski definition) is 0. The Morgan fingerprint density at radius 3 is 2.79 bits per heavy atom. The third kappa shape index (κ3) is 2.47. The van der Waals surface area contributed by atoms with Gasteiger partial charge in [-0.05, 0) is 12.8 Å². The third-order valence-corrected chi connectivity index (χ3v) is 2.65. The molecule has 0 saturated carbocycles. The minimum Gasteiger partial charge on any atom is -0.870 e. The predicted molar refractivity (Wildman–Crippen MR) is 43.5 cm³/mol. The van der Waals surface area contributed by atoms with Crippen molar-refractivity contribution in [2.45, 2.75) is 17.7 Å². The first kappa shape index (κ1) is 14.8. The molecular formula is C8H8ClKO4. The summed E-state index contributed by atoms with van der Waals surface area (Å²) in [6, 6.07) is 0. The van der Waals surface area contributed by atoms with Crippen LogP contribution in [0.25, 0.3) is 0 Å². The van der Waals surface area contributed by atoms with E-state index in [4.69, 9.17) is 11.6 Å². The van der Waals surface area contributed by atoms with Gasteiger partial charge in [-0.3, -0.25) is 4.79 Å². The van der Waals surface area contributed by atoms with Gasteiger partial charge in [0.2, 0.25) is 0 Å². The summed E-state index contributed by atoms with van der Waals surface area (Å²) in [6.07, 6.45) is 4.38. The first-order chi connectivity index (χ1) is 5.62. The molecule has 1 saturated heterocycles. The van der Waals surface area contributed by atoms with Crippen molar-refractivity contribution in [3.05, 3.63) is 12.2 Å². The SMILES string of the molecule is O=C1OC(=O)C2(Cl)C=CCC1C2.[K+].[OH-]. The Bertz CT molecular complexity index is 291. The molecule has 0 radical (unpaired) electrons. The van der Waals surface area contributed by atoms with E-state index in [0.29, 0.717) is 12.8 Å². The first-order valence-electron chi connectivity index (χ1n) is 3.74. The van der Waals surface area contributed by atoms with Crippen molar-refractivity contribution in [2.24, 2.45) is 5.92 Å². The van der Waals surface area contributed by atoms with Crippen LogP contribution in [0.15, 0.2) is 12.2 Å². The van der Waals surface area contributed by atoms with Gasteiger partial charge in [0.15, 0.2) is 4.87 Å². The van der Waals surface area contributed by atoms with Gasteiger partial charge in [-0.25, -0.2) is 4.79 Å². The molecule has 4 nitrogen and oxygen atoms in total. The molecule has 0 amide bonds. The van der Waals surface area contributed by atoms with E-state index in [-0.39, 0.29) is 62.8 Å². The minimum absolute atomic E-state index is 0. The Kier molecular flexibility index (Phi) is 5.49. The molecule has 1 N–H and O–H groups in total. The van der Waals surface area contributed by atoms with Crippen molar-refractivity contribution in [1.29, 1.82) is 0 Å². The van der Waals surface area contributed by atoms with Crippen LogP contribution in [-0.4, -0.2) is 22.3 Å². The van der Waals surface area contributed by atoms with Crippen molar-refractivity contribution in [3.8, 4) is 0 Å². The summed E-state index contributed by atoms with van der Waals surface area (Å²) in [5.41, 5.74) is 0. The molecule has 2 unspecified atom stereocenters. The van der Waals surface area contributed by atoms with Crippen molar-refractivity contribution in [2.75, 3.05) is 0 Å². The summed E-state index contributed by atoms with van der Waals surface area (Å²) < 4.78 is 4.50. The first-order valence-corrected chi connectivity index (χ1v) is 4.12. The van der Waals surface area contributed by atoms with E-state index >= 15 is 0 Å². The molecule has 2 aliphatic rings. The fourth-order valence-electron chi connectivity index (χ4n) is 1.52. The maximum Gasteiger partial charge on any atom is 1.00 e. The Hall–Kier alpha value is 0.766. The molecule has 6 heteroatoms. The molecule has 1 fully saturated rings. The van der Waals surface area contributed by atoms with Crippen LogP contribution < -0.4 is 51.4 Å². The predicted octanol–water partition coefficient (Wildman–Crippen LogP) is -2.16. The van der Waals surface area contributed by atoms with Crippen LogP contribution in [0.2, 0.25) is 0 Å². The zero-order valence-corrected chi connectivity index (χ0v) is 11.6. The molecule has 2 atom stereocenters. The quantitative estimate of drug-likeness (QED) is 0.160. The summed E-state index contributed by atoms with van der Waals surface area (Å²) in [5.74, 6) is -1.31. The largest absolute Gasteiger partial charge is 1.00 e. The Morgan fingerprint density at radius 1 is 1.50 bits per heavy atom. The summed E-state index contributed by atoms with van der Waals surface area (Å²) >= 11 is 5.91. The number of carbonyl (C=O) groups excluding carboxylic acids is 2. The number of fused-ring (bicyclic) bond motifs is 2. The number of esters is 2. The number of rotatable bonds is 0. The molecule has 2 bridgehead atoms. The van der Waals surface area contributed by atoms with E-state index in [9.17, 15) is 9.59 Å². The number of hydrogen-bond acceptors (Lipinski definition) is 4. The van der Waals surface area contributed by atoms with Gasteiger partial charge in [0, 0.05) is 0 Å². The molecule has 0 aromatic rings. The Morgan fingerprint density at radius 2 is 2.14 bits per heavy atom. The molecule has 1 aliphatic carbocycles. The van der Waals surface area contributed by atoms with Crippen LogP contribution in [-0.2, 0) is 14.3 Å². The van der Waals surface area contributed by atoms with Gasteiger partial charge >= 0.3 is 63.3 Å². The van der Waals surface area contributed by atoms with E-state index in [1.54, 1.807) is 12.2 Å². The van der Waals surface area contributed by atoms with Gasteiger partial charge in [-0.2, -0.15) is 0 Å². The van der Waals surface area contributed by atoms with E-state index in [1.165, 1.54) is 0 Å². The van der Waals surface area contributed by atoms with Crippen molar-refractivity contribution in [1.82, 2.24) is 0 Å². The summed E-state index contributed by atoms with van der Waals surface area (Å²) in [6.45, 7) is 0. The average Bonchev–Trinajstić information content (AvgIpc) is 2.02. The van der Waals surface area contributed by atoms with Crippen molar-refractivity contribution >= 4 is 23.5 Å². The molecule has 1 aliphatic heterocycles. The molecule has 2 rings (SSSR count). The van der Waals surface area contributed by atoms with Crippen LogP contribution in [0, 0.1) is 5.92 Å². The number of allylic oxidation sites excluding steroid dienone is 1.